The zero-order chi connectivity index (χ0) is 22.3. The van der Waals surface area contributed by atoms with Crippen LogP contribution in [-0.4, -0.2) is 35.4 Å². The first kappa shape index (κ1) is 23.7. The van der Waals surface area contributed by atoms with E-state index in [2.05, 4.69) is 5.32 Å². The highest BCUT2D eigenvalue weighted by Crippen LogP contribution is 2.21. The number of nitrogens with zero attached hydrogens (tertiary/aromatic N) is 1. The van der Waals surface area contributed by atoms with Crippen molar-refractivity contribution in [1.29, 1.82) is 0 Å². The highest BCUT2D eigenvalue weighted by atomic mass is 35.5. The van der Waals surface area contributed by atoms with E-state index in [0.29, 0.717) is 17.2 Å². The van der Waals surface area contributed by atoms with Gasteiger partial charge in [-0.25, -0.2) is 4.39 Å². The number of carbonyl (C=O) groups excluding carboxylic acids is 2. The second-order valence-electron chi connectivity index (χ2n) is 7.44. The second-order valence-corrected chi connectivity index (χ2v) is 7.84. The Morgan fingerprint density at radius 3 is 2.40 bits per heavy atom. The van der Waals surface area contributed by atoms with Gasteiger partial charge in [-0.15, -0.1) is 0 Å². The molecule has 1 unspecified atom stereocenters. The summed E-state index contributed by atoms with van der Waals surface area (Å²) in [6.07, 6.45) is 0.436. The van der Waals surface area contributed by atoms with Gasteiger partial charge in [-0.3, -0.25) is 9.59 Å². The minimum absolute atomic E-state index is 0.0531. The van der Waals surface area contributed by atoms with E-state index in [0.717, 1.165) is 11.1 Å². The van der Waals surface area contributed by atoms with Gasteiger partial charge in [0.05, 0.1) is 0 Å². The quantitative estimate of drug-likeness (QED) is 0.632. The van der Waals surface area contributed by atoms with Gasteiger partial charge in [0.15, 0.2) is 6.61 Å². The number of amides is 2. The molecule has 2 aromatic carbocycles. The van der Waals surface area contributed by atoms with E-state index >= 15 is 0 Å². The molecule has 0 heterocycles. The Morgan fingerprint density at radius 2 is 1.83 bits per heavy atom. The summed E-state index contributed by atoms with van der Waals surface area (Å²) in [4.78, 5) is 27.2. The third-order valence-corrected chi connectivity index (χ3v) is 5.00. The first-order valence-electron chi connectivity index (χ1n) is 9.94. The molecule has 1 N–H and O–H groups in total. The molecule has 2 aromatic rings. The average Bonchev–Trinajstić information content (AvgIpc) is 2.69. The fraction of sp³-hybridized carbons (Fsp3) is 0.391. The Kier molecular flexibility index (Phi) is 8.66. The molecule has 5 nitrogen and oxygen atoms in total. The van der Waals surface area contributed by atoms with Crippen molar-refractivity contribution in [1.82, 2.24) is 10.2 Å². The van der Waals surface area contributed by atoms with Crippen LogP contribution in [-0.2, 0) is 16.1 Å². The molecule has 0 bridgehead atoms. The van der Waals surface area contributed by atoms with Crippen molar-refractivity contribution in [3.63, 3.8) is 0 Å². The molecule has 0 aromatic heterocycles. The largest absolute Gasteiger partial charge is 0.484 e. The van der Waals surface area contributed by atoms with Crippen molar-refractivity contribution in [2.75, 3.05) is 6.61 Å². The molecule has 0 spiro atoms. The lowest BCUT2D eigenvalue weighted by molar-refractivity contribution is -0.143. The molecule has 30 heavy (non-hydrogen) atoms. The first-order valence-corrected chi connectivity index (χ1v) is 10.3. The SMILES string of the molecule is CCC(C(=O)NC(C)C)N(Cc1ccc(F)cc1)C(=O)COc1ccc(Cl)c(C)c1. The predicted octanol–water partition coefficient (Wildman–Crippen LogP) is 4.50. The Labute approximate surface area is 182 Å². The van der Waals surface area contributed by atoms with Crippen molar-refractivity contribution in [2.45, 2.75) is 52.7 Å². The molecule has 0 saturated heterocycles. The number of nitrogens with one attached hydrogen (secondary N) is 1. The number of aryl methyl sites for hydroxylation is 1. The molecule has 0 aliphatic heterocycles. The zero-order valence-corrected chi connectivity index (χ0v) is 18.5. The van der Waals surface area contributed by atoms with E-state index in [1.165, 1.54) is 17.0 Å². The molecule has 7 heteroatoms. The molecule has 0 fully saturated rings. The van der Waals surface area contributed by atoms with Gasteiger partial charge in [-0.05, 0) is 68.7 Å². The van der Waals surface area contributed by atoms with Crippen molar-refractivity contribution >= 4 is 23.4 Å². The van der Waals surface area contributed by atoms with E-state index < -0.39 is 6.04 Å². The van der Waals surface area contributed by atoms with Crippen LogP contribution >= 0.6 is 11.6 Å². The van der Waals surface area contributed by atoms with Gasteiger partial charge in [0.25, 0.3) is 5.91 Å². The topological polar surface area (TPSA) is 58.6 Å². The summed E-state index contributed by atoms with van der Waals surface area (Å²) in [5, 5.41) is 3.48. The van der Waals surface area contributed by atoms with E-state index in [-0.39, 0.29) is 36.8 Å². The fourth-order valence-corrected chi connectivity index (χ4v) is 3.14. The molecule has 2 amide bonds. The maximum absolute atomic E-state index is 13.3. The highest BCUT2D eigenvalue weighted by molar-refractivity contribution is 6.31. The Morgan fingerprint density at radius 1 is 1.17 bits per heavy atom. The number of rotatable bonds is 9. The van der Waals surface area contributed by atoms with Crippen molar-refractivity contribution in [3.05, 3.63) is 64.4 Å². The number of hydrogen-bond donors (Lipinski definition) is 1. The zero-order valence-electron chi connectivity index (χ0n) is 17.7. The molecule has 0 aliphatic carbocycles. The minimum atomic E-state index is -0.666. The van der Waals surface area contributed by atoms with Crippen LogP contribution in [0.4, 0.5) is 4.39 Å². The monoisotopic (exact) mass is 434 g/mol. The normalized spacial score (nSPS) is 11.8. The summed E-state index contributed by atoms with van der Waals surface area (Å²) < 4.78 is 18.9. The molecule has 162 valence electrons. The van der Waals surface area contributed by atoms with Gasteiger partial charge in [0, 0.05) is 17.6 Å². The average molecular weight is 435 g/mol. The Balaban J connectivity index is 2.21. The molecular formula is C23H28ClFN2O3. The van der Waals surface area contributed by atoms with Gasteiger partial charge in [-0.2, -0.15) is 0 Å². The minimum Gasteiger partial charge on any atom is -0.484 e. The number of carbonyl (C=O) groups is 2. The Bertz CT molecular complexity index is 871. The predicted molar refractivity (Wildman–Crippen MR) is 116 cm³/mol. The number of ether oxygens (including phenoxy) is 1. The number of benzene rings is 2. The summed E-state index contributed by atoms with van der Waals surface area (Å²) >= 11 is 6.03. The van der Waals surface area contributed by atoms with Crippen LogP contribution in [0.1, 0.15) is 38.3 Å². The van der Waals surface area contributed by atoms with E-state index in [4.69, 9.17) is 16.3 Å². The van der Waals surface area contributed by atoms with Crippen LogP contribution in [0.5, 0.6) is 5.75 Å². The smallest absolute Gasteiger partial charge is 0.261 e. The van der Waals surface area contributed by atoms with Crippen LogP contribution in [0.3, 0.4) is 0 Å². The lowest BCUT2D eigenvalue weighted by Crippen LogP contribution is -2.51. The van der Waals surface area contributed by atoms with Crippen molar-refractivity contribution < 1.29 is 18.7 Å². The van der Waals surface area contributed by atoms with E-state index in [9.17, 15) is 14.0 Å². The van der Waals surface area contributed by atoms with Gasteiger partial charge < -0.3 is 15.0 Å². The van der Waals surface area contributed by atoms with Crippen LogP contribution in [0.15, 0.2) is 42.5 Å². The summed E-state index contributed by atoms with van der Waals surface area (Å²) in [5.74, 6) is -0.405. The van der Waals surface area contributed by atoms with Gasteiger partial charge in [-0.1, -0.05) is 30.7 Å². The first-order chi connectivity index (χ1) is 14.2. The Hall–Kier alpha value is -2.60. The van der Waals surface area contributed by atoms with Crippen LogP contribution < -0.4 is 10.1 Å². The maximum atomic E-state index is 13.3. The summed E-state index contributed by atoms with van der Waals surface area (Å²) in [5.41, 5.74) is 1.57. The summed E-state index contributed by atoms with van der Waals surface area (Å²) in [7, 11) is 0. The van der Waals surface area contributed by atoms with Crippen molar-refractivity contribution in [3.8, 4) is 5.75 Å². The number of halogens is 2. The molecule has 0 saturated carbocycles. The summed E-state index contributed by atoms with van der Waals surface area (Å²) in [6, 6.07) is 10.3. The van der Waals surface area contributed by atoms with Crippen molar-refractivity contribution in [2.24, 2.45) is 0 Å². The second kappa shape index (κ2) is 11.0. The maximum Gasteiger partial charge on any atom is 0.261 e. The molecule has 1 atom stereocenters. The molecular weight excluding hydrogens is 407 g/mol. The molecule has 2 rings (SSSR count). The van der Waals surface area contributed by atoms with E-state index in [1.54, 1.807) is 30.3 Å². The van der Waals surface area contributed by atoms with Crippen LogP contribution in [0, 0.1) is 12.7 Å². The summed E-state index contributed by atoms with van der Waals surface area (Å²) in [6.45, 7) is 7.37. The lowest BCUT2D eigenvalue weighted by atomic mass is 10.1. The fourth-order valence-electron chi connectivity index (χ4n) is 3.02. The molecule has 0 radical (unpaired) electrons. The van der Waals surface area contributed by atoms with Gasteiger partial charge >= 0.3 is 0 Å². The van der Waals surface area contributed by atoms with Crippen LogP contribution in [0.25, 0.3) is 0 Å². The molecule has 0 aliphatic rings. The van der Waals surface area contributed by atoms with Crippen LogP contribution in [0.2, 0.25) is 5.02 Å². The third kappa shape index (κ3) is 6.73. The highest BCUT2D eigenvalue weighted by Gasteiger charge is 2.29. The standard InChI is InChI=1S/C23H28ClFN2O3/c1-5-21(23(29)26-15(2)3)27(13-17-6-8-18(25)9-7-17)22(28)14-30-19-10-11-20(24)16(4)12-19/h6-12,15,21H,5,13-14H2,1-4H3,(H,26,29). The van der Waals surface area contributed by atoms with Gasteiger partial charge in [0.2, 0.25) is 5.91 Å². The van der Waals surface area contributed by atoms with E-state index in [1.807, 2.05) is 27.7 Å². The van der Waals surface area contributed by atoms with Gasteiger partial charge in [0.1, 0.15) is 17.6 Å². The third-order valence-electron chi connectivity index (χ3n) is 4.57. The number of hydrogen-bond acceptors (Lipinski definition) is 3. The lowest BCUT2D eigenvalue weighted by Gasteiger charge is -2.31.